The second-order valence-electron chi connectivity index (χ2n) is 6.54. The van der Waals surface area contributed by atoms with Gasteiger partial charge in [-0.15, -0.1) is 0 Å². The van der Waals surface area contributed by atoms with E-state index in [1.165, 1.54) is 11.3 Å². The van der Waals surface area contributed by atoms with Crippen LogP contribution in [-0.4, -0.2) is 15.8 Å². The Bertz CT molecular complexity index is 1440. The lowest BCUT2D eigenvalue weighted by Gasteiger charge is -2.04. The first-order valence-corrected chi connectivity index (χ1v) is 10.0. The molecule has 1 aliphatic heterocycles. The lowest BCUT2D eigenvalue weighted by atomic mass is 10.2. The minimum absolute atomic E-state index is 0.0862. The molecule has 2 heterocycles. The smallest absolute Gasteiger partial charge is 0.439 e. The van der Waals surface area contributed by atoms with Crippen LogP contribution < -0.4 is 20.1 Å². The van der Waals surface area contributed by atoms with Crippen molar-refractivity contribution in [3.05, 3.63) is 99.1 Å². The number of para-hydroxylation sites is 2. The molecule has 3 aromatic carbocycles. The second kappa shape index (κ2) is 7.46. The summed E-state index contributed by atoms with van der Waals surface area (Å²) in [6, 6.07) is 24.4. The average molecular weight is 413 g/mol. The van der Waals surface area contributed by atoms with Crippen molar-refractivity contribution in [3.63, 3.8) is 0 Å². The molecular weight excluding hydrogens is 398 g/mol. The number of hydrogen-bond acceptors (Lipinski definition) is 5. The van der Waals surface area contributed by atoms with Crippen LogP contribution in [0, 0.1) is 0 Å². The average Bonchev–Trinajstić information content (AvgIpc) is 3.27. The van der Waals surface area contributed by atoms with Crippen LogP contribution in [0.2, 0.25) is 0 Å². The number of fused-ring (bicyclic) bond motifs is 1. The van der Waals surface area contributed by atoms with Crippen LogP contribution in [0.4, 0.5) is 10.5 Å². The number of nitrogens with zero attached hydrogens (tertiary/aromatic N) is 3. The van der Waals surface area contributed by atoms with E-state index in [1.807, 2.05) is 72.8 Å². The van der Waals surface area contributed by atoms with Gasteiger partial charge < -0.3 is 9.84 Å². The molecule has 6 nitrogen and oxygen atoms in total. The highest BCUT2D eigenvalue weighted by Gasteiger charge is 2.15. The van der Waals surface area contributed by atoms with Crippen LogP contribution in [0.3, 0.4) is 0 Å². The van der Waals surface area contributed by atoms with Crippen LogP contribution in [0.15, 0.2) is 88.8 Å². The molecule has 0 aliphatic carbocycles. The zero-order valence-electron chi connectivity index (χ0n) is 15.6. The normalized spacial score (nSPS) is 13.8. The van der Waals surface area contributed by atoms with Crippen molar-refractivity contribution in [1.29, 1.82) is 0 Å². The van der Waals surface area contributed by atoms with Gasteiger partial charge in [0.1, 0.15) is 5.36 Å². The van der Waals surface area contributed by atoms with Gasteiger partial charge in [-0.25, -0.2) is 9.79 Å². The van der Waals surface area contributed by atoms with E-state index in [0.717, 1.165) is 16.6 Å². The van der Waals surface area contributed by atoms with E-state index in [9.17, 15) is 9.90 Å². The summed E-state index contributed by atoms with van der Waals surface area (Å²) in [6.45, 7) is 0. The van der Waals surface area contributed by atoms with Gasteiger partial charge in [-0.1, -0.05) is 53.8 Å². The van der Waals surface area contributed by atoms with E-state index in [2.05, 4.69) is 4.99 Å². The van der Waals surface area contributed by atoms with E-state index >= 15 is 0 Å². The highest BCUT2D eigenvalue weighted by molar-refractivity contribution is 7.10. The minimum Gasteiger partial charge on any atom is -0.493 e. The maximum atomic E-state index is 11.3. The highest BCUT2D eigenvalue weighted by Crippen LogP contribution is 2.25. The maximum absolute atomic E-state index is 11.3. The molecule has 1 aromatic heterocycles. The van der Waals surface area contributed by atoms with Crippen LogP contribution in [0.1, 0.15) is 4.88 Å². The zero-order valence-corrected chi connectivity index (χ0v) is 16.4. The summed E-state index contributed by atoms with van der Waals surface area (Å²) in [5.74, 6) is 0.498. The lowest BCUT2D eigenvalue weighted by molar-refractivity contribution is 0.215. The first-order valence-electron chi connectivity index (χ1n) is 9.20. The quantitative estimate of drug-likeness (QED) is 0.559. The molecule has 1 amide bonds. The molecule has 0 radical (unpaired) electrons. The van der Waals surface area contributed by atoms with Crippen LogP contribution >= 0.6 is 11.3 Å². The molecule has 146 valence electrons. The SMILES string of the molecule is O=C1N=c2ccc(=Cc3sc(=Nc4ccccc4)n(-c4ccccc4)c3O)cc2O1. The summed E-state index contributed by atoms with van der Waals surface area (Å²) < 4.78 is 6.80. The molecule has 0 unspecified atom stereocenters. The number of hydrogen-bond donors (Lipinski definition) is 1. The van der Waals surface area contributed by atoms with E-state index in [4.69, 9.17) is 9.73 Å². The van der Waals surface area contributed by atoms with Gasteiger partial charge in [-0.05, 0) is 47.7 Å². The largest absolute Gasteiger partial charge is 0.493 e. The third kappa shape index (κ3) is 3.42. The molecular formula is C23H15N3O3S. The van der Waals surface area contributed by atoms with Crippen molar-refractivity contribution in [2.24, 2.45) is 9.98 Å². The fourth-order valence-corrected chi connectivity index (χ4v) is 4.15. The number of carbonyl (C=O) groups excluding carboxylic acids is 1. The summed E-state index contributed by atoms with van der Waals surface area (Å²) in [5.41, 5.74) is 1.60. The summed E-state index contributed by atoms with van der Waals surface area (Å²) in [7, 11) is 0. The Morgan fingerprint density at radius 1 is 1.00 bits per heavy atom. The predicted molar refractivity (Wildman–Crippen MR) is 114 cm³/mol. The molecule has 0 saturated heterocycles. The first-order chi connectivity index (χ1) is 14.7. The van der Waals surface area contributed by atoms with Gasteiger partial charge >= 0.3 is 6.09 Å². The van der Waals surface area contributed by atoms with Crippen LogP contribution in [0.25, 0.3) is 11.8 Å². The van der Waals surface area contributed by atoms with Gasteiger partial charge in [-0.2, -0.15) is 4.99 Å². The Morgan fingerprint density at radius 2 is 1.73 bits per heavy atom. The van der Waals surface area contributed by atoms with Crippen LogP contribution in [0.5, 0.6) is 11.6 Å². The van der Waals surface area contributed by atoms with Gasteiger partial charge in [0.05, 0.1) is 16.3 Å². The molecule has 1 N–H and O–H groups in total. The van der Waals surface area contributed by atoms with Gasteiger partial charge in [-0.3, -0.25) is 4.57 Å². The molecule has 0 saturated carbocycles. The Morgan fingerprint density at radius 3 is 2.50 bits per heavy atom. The Hall–Kier alpha value is -3.97. The summed E-state index contributed by atoms with van der Waals surface area (Å²) in [4.78, 5) is 21.1. The van der Waals surface area contributed by atoms with Crippen molar-refractivity contribution < 1.29 is 14.6 Å². The van der Waals surface area contributed by atoms with Crippen molar-refractivity contribution in [3.8, 4) is 17.3 Å². The standard InChI is InChI=1S/C23H15N3O3S/c27-21-20(14-15-11-12-18-19(13-15)29-23(28)25-18)30-22(24-16-7-3-1-4-8-16)26(21)17-9-5-2-6-10-17/h1-14,27H. The molecule has 1 aliphatic rings. The first kappa shape index (κ1) is 18.1. The van der Waals surface area contributed by atoms with E-state index in [0.29, 0.717) is 20.8 Å². The number of rotatable bonds is 3. The predicted octanol–water partition coefficient (Wildman–Crippen LogP) is 3.44. The van der Waals surface area contributed by atoms with E-state index < -0.39 is 6.09 Å². The third-order valence-corrected chi connectivity index (χ3v) is 5.49. The molecule has 5 rings (SSSR count). The summed E-state index contributed by atoms with van der Waals surface area (Å²) in [5, 5.41) is 12.3. The fourth-order valence-electron chi connectivity index (χ4n) is 3.14. The minimum atomic E-state index is -0.619. The number of thiazole rings is 1. The fraction of sp³-hybridized carbons (Fsp3) is 0. The van der Waals surface area contributed by atoms with Crippen LogP contribution in [-0.2, 0) is 0 Å². The van der Waals surface area contributed by atoms with Crippen molar-refractivity contribution in [2.45, 2.75) is 0 Å². The monoisotopic (exact) mass is 413 g/mol. The third-order valence-electron chi connectivity index (χ3n) is 4.51. The zero-order chi connectivity index (χ0) is 20.5. The van der Waals surface area contributed by atoms with E-state index in [-0.39, 0.29) is 5.88 Å². The number of ether oxygens (including phenoxy) is 1. The Balaban J connectivity index is 1.70. The Labute approximate surface area is 175 Å². The van der Waals surface area contributed by atoms with Gasteiger partial charge in [0.15, 0.2) is 10.6 Å². The topological polar surface area (TPSA) is 76.2 Å². The van der Waals surface area contributed by atoms with Gasteiger partial charge in [0.25, 0.3) is 0 Å². The number of amides is 1. The van der Waals surface area contributed by atoms with Gasteiger partial charge in [0.2, 0.25) is 5.88 Å². The molecule has 0 atom stereocenters. The summed E-state index contributed by atoms with van der Waals surface area (Å²) in [6.07, 6.45) is 1.21. The summed E-state index contributed by atoms with van der Waals surface area (Å²) >= 11 is 1.36. The molecule has 0 bridgehead atoms. The van der Waals surface area contributed by atoms with Crippen molar-refractivity contribution in [1.82, 2.24) is 4.57 Å². The molecule has 0 fully saturated rings. The van der Waals surface area contributed by atoms with E-state index in [1.54, 1.807) is 16.7 Å². The van der Waals surface area contributed by atoms with Crippen molar-refractivity contribution >= 4 is 29.2 Å². The molecule has 7 heteroatoms. The van der Waals surface area contributed by atoms with Gasteiger partial charge in [0, 0.05) is 0 Å². The lowest BCUT2D eigenvalue weighted by Crippen LogP contribution is -2.11. The number of benzene rings is 3. The second-order valence-corrected chi connectivity index (χ2v) is 7.55. The Kier molecular flexibility index (Phi) is 4.49. The number of aromatic nitrogens is 1. The number of aromatic hydroxyl groups is 1. The van der Waals surface area contributed by atoms with Crippen molar-refractivity contribution in [2.75, 3.05) is 0 Å². The number of carbonyl (C=O) groups is 1. The molecule has 4 aromatic rings. The molecule has 30 heavy (non-hydrogen) atoms. The maximum Gasteiger partial charge on any atom is 0.439 e. The molecule has 0 spiro atoms. The highest BCUT2D eigenvalue weighted by atomic mass is 32.1.